The van der Waals surface area contributed by atoms with Crippen molar-refractivity contribution in [1.82, 2.24) is 14.0 Å². The third-order valence-corrected chi connectivity index (χ3v) is 7.01. The number of hydrogen-bond donors (Lipinski definition) is 0. The van der Waals surface area contributed by atoms with Crippen molar-refractivity contribution < 1.29 is 19.1 Å². The molecule has 10 heteroatoms. The molecular formula is C21H27N3O6S. The van der Waals surface area contributed by atoms with Gasteiger partial charge in [-0.15, -0.1) is 11.3 Å². The number of ether oxygens (including phenoxy) is 2. The van der Waals surface area contributed by atoms with Crippen molar-refractivity contribution in [3.63, 3.8) is 0 Å². The van der Waals surface area contributed by atoms with Gasteiger partial charge in [-0.25, -0.2) is 9.36 Å². The van der Waals surface area contributed by atoms with Crippen molar-refractivity contribution in [3.05, 3.63) is 31.3 Å². The lowest BCUT2D eigenvalue weighted by Crippen LogP contribution is -2.44. The molecule has 1 saturated heterocycles. The number of carbonyl (C=O) groups excluding carboxylic acids is 2. The average molecular weight is 450 g/mol. The van der Waals surface area contributed by atoms with Gasteiger partial charge in [0.15, 0.2) is 0 Å². The predicted molar refractivity (Wildman–Crippen MR) is 115 cm³/mol. The highest BCUT2D eigenvalue weighted by Gasteiger charge is 2.32. The first-order chi connectivity index (χ1) is 14.7. The van der Waals surface area contributed by atoms with Crippen LogP contribution in [0.3, 0.4) is 0 Å². The zero-order valence-corrected chi connectivity index (χ0v) is 18.9. The predicted octanol–water partition coefficient (Wildman–Crippen LogP) is 1.26. The second kappa shape index (κ2) is 8.23. The summed E-state index contributed by atoms with van der Waals surface area (Å²) in [4.78, 5) is 54.6. The second-order valence-corrected chi connectivity index (χ2v) is 9.65. The third kappa shape index (κ3) is 4.06. The van der Waals surface area contributed by atoms with Crippen LogP contribution in [0.4, 0.5) is 0 Å². The smallest absolute Gasteiger partial charge is 0.333 e. The summed E-state index contributed by atoms with van der Waals surface area (Å²) in [6.07, 6.45) is 2.39. The molecule has 4 rings (SSSR count). The molecule has 1 amide bonds. The number of aromatic nitrogens is 2. The number of hydrogen-bond acceptors (Lipinski definition) is 7. The van der Waals surface area contributed by atoms with Crippen LogP contribution in [0.25, 0.3) is 10.2 Å². The summed E-state index contributed by atoms with van der Waals surface area (Å²) in [5.41, 5.74) is -0.808. The topological polar surface area (TPSA) is 99.8 Å². The molecule has 0 spiro atoms. The Morgan fingerprint density at radius 2 is 1.84 bits per heavy atom. The number of fused-ring (bicyclic) bond motifs is 3. The maximum absolute atomic E-state index is 13.3. The van der Waals surface area contributed by atoms with E-state index in [1.54, 1.807) is 11.8 Å². The molecule has 0 bridgehead atoms. The SMILES string of the molecule is CCOC(=O)Cn1c(=O)c2c3c(sc2n(CC(=O)N2CCCC2)c1=O)COC(C)(C)C3. The van der Waals surface area contributed by atoms with E-state index in [9.17, 15) is 19.2 Å². The van der Waals surface area contributed by atoms with Gasteiger partial charge >= 0.3 is 11.7 Å². The van der Waals surface area contributed by atoms with E-state index < -0.39 is 29.4 Å². The van der Waals surface area contributed by atoms with Crippen LogP contribution < -0.4 is 11.2 Å². The summed E-state index contributed by atoms with van der Waals surface area (Å²) in [5, 5.41) is 0.398. The van der Waals surface area contributed by atoms with E-state index in [0.717, 1.165) is 27.8 Å². The normalized spacial score (nSPS) is 17.7. The van der Waals surface area contributed by atoms with Crippen LogP contribution in [0.5, 0.6) is 0 Å². The summed E-state index contributed by atoms with van der Waals surface area (Å²) >= 11 is 1.32. The Labute approximate surface area is 183 Å². The zero-order chi connectivity index (χ0) is 22.3. The van der Waals surface area contributed by atoms with E-state index in [-0.39, 0.29) is 19.1 Å². The van der Waals surface area contributed by atoms with E-state index in [1.807, 2.05) is 13.8 Å². The van der Waals surface area contributed by atoms with E-state index in [0.29, 0.717) is 36.3 Å². The standard InChI is InChI=1S/C21H27N3O6S/c1-4-29-16(26)11-23-18(27)17-13-9-21(2,3)30-12-14(13)31-19(17)24(20(23)28)10-15(25)22-7-5-6-8-22/h4-12H2,1-3H3. The molecule has 2 aliphatic rings. The van der Waals surface area contributed by atoms with Gasteiger partial charge in [-0.05, 0) is 39.2 Å². The molecule has 168 valence electrons. The molecule has 1 fully saturated rings. The monoisotopic (exact) mass is 449 g/mol. The van der Waals surface area contributed by atoms with Gasteiger partial charge in [-0.1, -0.05) is 0 Å². The molecule has 0 aromatic carbocycles. The van der Waals surface area contributed by atoms with Gasteiger partial charge in [-0.2, -0.15) is 0 Å². The number of esters is 1. The lowest BCUT2D eigenvalue weighted by molar-refractivity contribution is -0.143. The molecule has 9 nitrogen and oxygen atoms in total. The van der Waals surface area contributed by atoms with Crippen LogP contribution in [0, 0.1) is 0 Å². The number of rotatable bonds is 5. The third-order valence-electron chi connectivity index (χ3n) is 5.78. The van der Waals surface area contributed by atoms with Crippen molar-refractivity contribution in [3.8, 4) is 0 Å². The lowest BCUT2D eigenvalue weighted by atomic mass is 9.94. The summed E-state index contributed by atoms with van der Waals surface area (Å²) in [6, 6.07) is 0. The minimum absolute atomic E-state index is 0.150. The van der Waals surface area contributed by atoms with Crippen LogP contribution in [0.2, 0.25) is 0 Å². The number of nitrogens with zero attached hydrogens (tertiary/aromatic N) is 3. The van der Waals surface area contributed by atoms with Gasteiger partial charge < -0.3 is 14.4 Å². The Kier molecular flexibility index (Phi) is 5.78. The first kappa shape index (κ1) is 21.8. The molecule has 0 saturated carbocycles. The van der Waals surface area contributed by atoms with E-state index >= 15 is 0 Å². The Hall–Kier alpha value is -2.46. The number of likely N-dealkylation sites (tertiary alicyclic amines) is 1. The van der Waals surface area contributed by atoms with Gasteiger partial charge in [0.1, 0.15) is 17.9 Å². The van der Waals surface area contributed by atoms with E-state index in [2.05, 4.69) is 0 Å². The number of thiophene rings is 1. The zero-order valence-electron chi connectivity index (χ0n) is 18.1. The minimum atomic E-state index is -0.670. The Balaban J connectivity index is 1.89. The van der Waals surface area contributed by atoms with Crippen LogP contribution in [-0.4, -0.2) is 51.2 Å². The largest absolute Gasteiger partial charge is 0.465 e. The summed E-state index contributed by atoms with van der Waals surface area (Å²) < 4.78 is 13.1. The molecule has 4 heterocycles. The Morgan fingerprint density at radius 3 is 2.52 bits per heavy atom. The molecule has 2 aromatic heterocycles. The summed E-state index contributed by atoms with van der Waals surface area (Å²) in [6.45, 7) is 6.74. The van der Waals surface area contributed by atoms with Gasteiger partial charge in [0, 0.05) is 24.4 Å². The maximum atomic E-state index is 13.3. The summed E-state index contributed by atoms with van der Waals surface area (Å²) in [7, 11) is 0. The number of amides is 1. The Morgan fingerprint density at radius 1 is 1.13 bits per heavy atom. The molecule has 2 aliphatic heterocycles. The number of carbonyl (C=O) groups is 2. The molecular weight excluding hydrogens is 422 g/mol. The van der Waals surface area contributed by atoms with E-state index in [4.69, 9.17) is 9.47 Å². The second-order valence-electron chi connectivity index (χ2n) is 8.56. The van der Waals surface area contributed by atoms with Crippen LogP contribution in [-0.2, 0) is 45.2 Å². The highest BCUT2D eigenvalue weighted by atomic mass is 32.1. The molecule has 2 aromatic rings. The molecule has 0 atom stereocenters. The van der Waals surface area contributed by atoms with Gasteiger partial charge in [0.05, 0.1) is 24.2 Å². The van der Waals surface area contributed by atoms with Gasteiger partial charge in [0.2, 0.25) is 5.91 Å². The molecule has 31 heavy (non-hydrogen) atoms. The average Bonchev–Trinajstić information content (AvgIpc) is 3.36. The fraction of sp³-hybridized carbons (Fsp3) is 0.619. The van der Waals surface area contributed by atoms with Crippen molar-refractivity contribution in [2.24, 2.45) is 0 Å². The van der Waals surface area contributed by atoms with E-state index in [1.165, 1.54) is 15.9 Å². The minimum Gasteiger partial charge on any atom is -0.465 e. The highest BCUT2D eigenvalue weighted by Crippen LogP contribution is 2.37. The van der Waals surface area contributed by atoms with Crippen LogP contribution >= 0.6 is 11.3 Å². The molecule has 0 unspecified atom stereocenters. The first-order valence-electron chi connectivity index (χ1n) is 10.6. The maximum Gasteiger partial charge on any atom is 0.333 e. The van der Waals surface area contributed by atoms with Gasteiger partial charge in [0.25, 0.3) is 5.56 Å². The van der Waals surface area contributed by atoms with Crippen LogP contribution in [0.15, 0.2) is 9.59 Å². The first-order valence-corrected chi connectivity index (χ1v) is 11.4. The molecule has 0 radical (unpaired) electrons. The van der Waals surface area contributed by atoms with Crippen LogP contribution in [0.1, 0.15) is 44.1 Å². The van der Waals surface area contributed by atoms with Gasteiger partial charge in [-0.3, -0.25) is 19.0 Å². The van der Waals surface area contributed by atoms with Crippen molar-refractivity contribution in [2.75, 3.05) is 19.7 Å². The van der Waals surface area contributed by atoms with Crippen molar-refractivity contribution in [2.45, 2.75) is 65.3 Å². The quantitative estimate of drug-likeness (QED) is 0.638. The van der Waals surface area contributed by atoms with Crippen molar-refractivity contribution >= 4 is 33.4 Å². The highest BCUT2D eigenvalue weighted by molar-refractivity contribution is 7.18. The lowest BCUT2D eigenvalue weighted by Gasteiger charge is -2.29. The summed E-state index contributed by atoms with van der Waals surface area (Å²) in [5.74, 6) is -0.823. The fourth-order valence-electron chi connectivity index (χ4n) is 4.22. The fourth-order valence-corrected chi connectivity index (χ4v) is 5.43. The molecule has 0 N–H and O–H groups in total. The van der Waals surface area contributed by atoms with Crippen molar-refractivity contribution in [1.29, 1.82) is 0 Å². The molecule has 0 aliphatic carbocycles. The Bertz CT molecular complexity index is 1150.